The van der Waals surface area contributed by atoms with Gasteiger partial charge in [0.2, 0.25) is 5.91 Å². The van der Waals surface area contributed by atoms with Gasteiger partial charge in [-0.2, -0.15) is 0 Å². The van der Waals surface area contributed by atoms with Gasteiger partial charge in [0.05, 0.1) is 5.92 Å². The van der Waals surface area contributed by atoms with Crippen molar-refractivity contribution in [3.05, 3.63) is 0 Å². The van der Waals surface area contributed by atoms with E-state index in [9.17, 15) is 14.7 Å². The quantitative estimate of drug-likeness (QED) is 0.756. The number of likely N-dealkylation sites (tertiary alicyclic amines) is 1. The highest BCUT2D eigenvalue weighted by Crippen LogP contribution is 2.33. The van der Waals surface area contributed by atoms with Crippen molar-refractivity contribution < 1.29 is 14.7 Å². The number of hydrogen-bond acceptors (Lipinski definition) is 3. The molecule has 0 radical (unpaired) electrons. The van der Waals surface area contributed by atoms with Gasteiger partial charge in [-0.25, -0.2) is 4.79 Å². The molecule has 1 saturated heterocycles. The lowest BCUT2D eigenvalue weighted by Crippen LogP contribution is -2.47. The lowest BCUT2D eigenvalue weighted by molar-refractivity contribution is -0.151. The zero-order chi connectivity index (χ0) is 13.8. The van der Waals surface area contributed by atoms with Crippen molar-refractivity contribution in [1.82, 2.24) is 10.2 Å². The predicted octanol–water partition coefficient (Wildman–Crippen LogP) is 1.09. The second kappa shape index (κ2) is 6.37. The molecular weight excluding hydrogens is 244 g/mol. The molecule has 1 amide bonds. The maximum absolute atomic E-state index is 12.3. The molecule has 2 rings (SSSR count). The van der Waals surface area contributed by atoms with Crippen molar-refractivity contribution in [3.63, 3.8) is 0 Å². The fourth-order valence-electron chi connectivity index (χ4n) is 3.41. The van der Waals surface area contributed by atoms with Gasteiger partial charge >= 0.3 is 5.97 Å². The number of aliphatic carboxylic acids is 1. The van der Waals surface area contributed by atoms with E-state index in [0.717, 1.165) is 38.6 Å². The van der Waals surface area contributed by atoms with E-state index in [2.05, 4.69) is 5.32 Å². The molecule has 0 spiro atoms. The molecule has 2 fully saturated rings. The first kappa shape index (κ1) is 14.3. The molecule has 1 aliphatic heterocycles. The van der Waals surface area contributed by atoms with Crippen molar-refractivity contribution >= 4 is 11.9 Å². The summed E-state index contributed by atoms with van der Waals surface area (Å²) in [6.07, 6.45) is 4.86. The molecule has 5 heteroatoms. The van der Waals surface area contributed by atoms with Crippen LogP contribution in [-0.4, -0.2) is 47.6 Å². The Balaban J connectivity index is 2.02. The first-order chi connectivity index (χ1) is 9.15. The van der Waals surface area contributed by atoms with Crippen LogP contribution in [0, 0.1) is 11.8 Å². The van der Waals surface area contributed by atoms with Crippen LogP contribution in [0.5, 0.6) is 0 Å². The molecule has 2 unspecified atom stereocenters. The summed E-state index contributed by atoms with van der Waals surface area (Å²) in [5.74, 6) is -0.688. The molecule has 0 aromatic rings. The smallest absolute Gasteiger partial charge is 0.326 e. The number of nitrogens with zero attached hydrogens (tertiary/aromatic N) is 1. The molecule has 0 aromatic heterocycles. The number of rotatable bonds is 6. The summed E-state index contributed by atoms with van der Waals surface area (Å²) in [5, 5.41) is 12.6. The number of carboxylic acid groups (broad SMARTS) is 1. The highest BCUT2D eigenvalue weighted by molar-refractivity contribution is 5.87. The lowest BCUT2D eigenvalue weighted by atomic mass is 9.96. The Morgan fingerprint density at radius 1 is 1.42 bits per heavy atom. The van der Waals surface area contributed by atoms with E-state index in [1.165, 1.54) is 0 Å². The molecule has 0 aromatic carbocycles. The van der Waals surface area contributed by atoms with E-state index in [4.69, 9.17) is 0 Å². The van der Waals surface area contributed by atoms with Crippen LogP contribution >= 0.6 is 0 Å². The van der Waals surface area contributed by atoms with Crippen molar-refractivity contribution in [2.24, 2.45) is 11.8 Å². The van der Waals surface area contributed by atoms with E-state index in [1.54, 1.807) is 4.90 Å². The summed E-state index contributed by atoms with van der Waals surface area (Å²) in [6, 6.07) is -0.596. The third kappa shape index (κ3) is 3.08. The van der Waals surface area contributed by atoms with Gasteiger partial charge in [-0.15, -0.1) is 0 Å². The normalized spacial score (nSPS) is 26.1. The average Bonchev–Trinajstić information content (AvgIpc) is 3.00. The SMILES string of the molecule is CCNCC1CCN(C(C(=O)O)C2CCCC2)C1=O. The maximum Gasteiger partial charge on any atom is 0.326 e. The van der Waals surface area contributed by atoms with Gasteiger partial charge in [0.1, 0.15) is 6.04 Å². The van der Waals surface area contributed by atoms with Gasteiger partial charge in [0.25, 0.3) is 0 Å². The molecule has 2 atom stereocenters. The first-order valence-electron chi connectivity index (χ1n) is 7.39. The van der Waals surface area contributed by atoms with Crippen LogP contribution < -0.4 is 5.32 Å². The van der Waals surface area contributed by atoms with Crippen LogP contribution in [0.1, 0.15) is 39.0 Å². The molecular formula is C14H24N2O3. The van der Waals surface area contributed by atoms with Crippen molar-refractivity contribution in [2.45, 2.75) is 45.1 Å². The average molecular weight is 268 g/mol. The second-order valence-corrected chi connectivity index (χ2v) is 5.65. The van der Waals surface area contributed by atoms with Crippen LogP contribution in [0.3, 0.4) is 0 Å². The van der Waals surface area contributed by atoms with Gasteiger partial charge in [-0.05, 0) is 31.7 Å². The number of hydrogen-bond donors (Lipinski definition) is 2. The van der Waals surface area contributed by atoms with Gasteiger partial charge in [0.15, 0.2) is 0 Å². The Kier molecular flexibility index (Phi) is 4.80. The molecule has 1 aliphatic carbocycles. The zero-order valence-corrected chi connectivity index (χ0v) is 11.6. The summed E-state index contributed by atoms with van der Waals surface area (Å²) < 4.78 is 0. The molecule has 108 valence electrons. The molecule has 0 bridgehead atoms. The van der Waals surface area contributed by atoms with Crippen LogP contribution in [0.25, 0.3) is 0 Å². The molecule has 19 heavy (non-hydrogen) atoms. The number of carbonyl (C=O) groups excluding carboxylic acids is 1. The highest BCUT2D eigenvalue weighted by Gasteiger charge is 2.42. The minimum atomic E-state index is -0.829. The van der Waals surface area contributed by atoms with E-state index >= 15 is 0 Å². The van der Waals surface area contributed by atoms with E-state index in [0.29, 0.717) is 13.1 Å². The number of carbonyl (C=O) groups is 2. The topological polar surface area (TPSA) is 69.6 Å². The summed E-state index contributed by atoms with van der Waals surface area (Å²) in [6.45, 7) is 4.12. The molecule has 2 aliphatic rings. The van der Waals surface area contributed by atoms with Crippen molar-refractivity contribution in [2.75, 3.05) is 19.6 Å². The van der Waals surface area contributed by atoms with Crippen LogP contribution in [0.2, 0.25) is 0 Å². The largest absolute Gasteiger partial charge is 0.480 e. The third-order valence-electron chi connectivity index (χ3n) is 4.43. The van der Waals surface area contributed by atoms with E-state index in [-0.39, 0.29) is 17.7 Å². The van der Waals surface area contributed by atoms with Crippen LogP contribution in [0.4, 0.5) is 0 Å². The van der Waals surface area contributed by atoms with Crippen LogP contribution in [-0.2, 0) is 9.59 Å². The van der Waals surface area contributed by atoms with Gasteiger partial charge < -0.3 is 15.3 Å². The highest BCUT2D eigenvalue weighted by atomic mass is 16.4. The molecule has 2 N–H and O–H groups in total. The van der Waals surface area contributed by atoms with E-state index in [1.807, 2.05) is 6.92 Å². The summed E-state index contributed by atoms with van der Waals surface area (Å²) in [7, 11) is 0. The third-order valence-corrected chi connectivity index (χ3v) is 4.43. The zero-order valence-electron chi connectivity index (χ0n) is 11.6. The number of amides is 1. The number of nitrogens with one attached hydrogen (secondary N) is 1. The molecule has 1 heterocycles. The van der Waals surface area contributed by atoms with E-state index < -0.39 is 12.0 Å². The van der Waals surface area contributed by atoms with Crippen molar-refractivity contribution in [1.29, 1.82) is 0 Å². The van der Waals surface area contributed by atoms with Gasteiger partial charge in [0, 0.05) is 13.1 Å². The van der Waals surface area contributed by atoms with Gasteiger partial charge in [-0.1, -0.05) is 19.8 Å². The fraction of sp³-hybridized carbons (Fsp3) is 0.857. The Bertz CT molecular complexity index is 340. The maximum atomic E-state index is 12.3. The summed E-state index contributed by atoms with van der Waals surface area (Å²) in [5.41, 5.74) is 0. The van der Waals surface area contributed by atoms with Gasteiger partial charge in [-0.3, -0.25) is 4.79 Å². The fourth-order valence-corrected chi connectivity index (χ4v) is 3.41. The standard InChI is InChI=1S/C14H24N2O3/c1-2-15-9-11-7-8-16(13(11)17)12(14(18)19)10-5-3-4-6-10/h10-12,15H,2-9H2,1H3,(H,18,19). The first-order valence-corrected chi connectivity index (χ1v) is 7.39. The Morgan fingerprint density at radius 2 is 2.11 bits per heavy atom. The Labute approximate surface area is 114 Å². The number of carboxylic acids is 1. The minimum absolute atomic E-state index is 0.0280. The monoisotopic (exact) mass is 268 g/mol. The Hall–Kier alpha value is -1.10. The minimum Gasteiger partial charge on any atom is -0.480 e. The molecule has 1 saturated carbocycles. The summed E-state index contributed by atoms with van der Waals surface area (Å²) in [4.78, 5) is 25.5. The second-order valence-electron chi connectivity index (χ2n) is 5.65. The Morgan fingerprint density at radius 3 is 2.68 bits per heavy atom. The van der Waals surface area contributed by atoms with Crippen molar-refractivity contribution in [3.8, 4) is 0 Å². The summed E-state index contributed by atoms with van der Waals surface area (Å²) >= 11 is 0. The van der Waals surface area contributed by atoms with Crippen LogP contribution in [0.15, 0.2) is 0 Å². The predicted molar refractivity (Wildman–Crippen MR) is 71.7 cm³/mol. The lowest BCUT2D eigenvalue weighted by Gasteiger charge is -2.29. The molecule has 5 nitrogen and oxygen atoms in total.